The highest BCUT2D eigenvalue weighted by Gasteiger charge is 2.44. The average Bonchev–Trinajstić information content (AvgIpc) is 3.18. The highest BCUT2D eigenvalue weighted by atomic mass is 32.2. The predicted molar refractivity (Wildman–Crippen MR) is 199 cm³/mol. The third kappa shape index (κ3) is 10.7. The zero-order valence-corrected chi connectivity index (χ0v) is 29.6. The van der Waals surface area contributed by atoms with Crippen LogP contribution in [0.25, 0.3) is 0 Å². The summed E-state index contributed by atoms with van der Waals surface area (Å²) in [5.41, 5.74) is 4.01. The summed E-state index contributed by atoms with van der Waals surface area (Å²) in [5.74, 6) is -1.53. The lowest BCUT2D eigenvalue weighted by molar-refractivity contribution is -0.173. The molecule has 6 rings (SSSR count). The van der Waals surface area contributed by atoms with E-state index in [4.69, 9.17) is 23.7 Å². The van der Waals surface area contributed by atoms with Crippen molar-refractivity contribution in [1.82, 2.24) is 0 Å². The first-order valence-electron chi connectivity index (χ1n) is 17.2. The number of carbonyl (C=O) groups is 1. The summed E-state index contributed by atoms with van der Waals surface area (Å²) >= 11 is 0. The van der Waals surface area contributed by atoms with Crippen molar-refractivity contribution >= 4 is 15.6 Å². The lowest BCUT2D eigenvalue weighted by atomic mass is 10.0. The number of ether oxygens (including phenoxy) is 5. The third-order valence-electron chi connectivity index (χ3n) is 8.48. The molecule has 0 saturated carbocycles. The summed E-state index contributed by atoms with van der Waals surface area (Å²) in [6.07, 6.45) is -2.43. The molecule has 0 unspecified atom stereocenters. The molecule has 9 heteroatoms. The molecule has 0 fully saturated rings. The van der Waals surface area contributed by atoms with Gasteiger partial charge in [-0.25, -0.2) is 8.42 Å². The molecule has 1 aliphatic rings. The molecule has 3 atom stereocenters. The quantitative estimate of drug-likeness (QED) is 0.0860. The van der Waals surface area contributed by atoms with Crippen molar-refractivity contribution in [2.45, 2.75) is 44.7 Å². The fourth-order valence-electron chi connectivity index (χ4n) is 5.86. The molecule has 0 aliphatic carbocycles. The molecule has 5 aromatic rings. The third-order valence-corrected chi connectivity index (χ3v) is 9.88. The van der Waals surface area contributed by atoms with Gasteiger partial charge in [0.15, 0.2) is 33.2 Å². The smallest absolute Gasteiger partial charge is 0.177 e. The SMILES string of the molecule is O=C(CS(=O)(=O)CC1=C(OCc2ccccc2)[C@@H](OCc2ccccc2)[C@H](OCc2ccccc2)[C@@H](COCc2ccccc2)O1)c1ccccc1. The van der Waals surface area contributed by atoms with Crippen LogP contribution in [0, 0.1) is 0 Å². The molecule has 8 nitrogen and oxygen atoms in total. The van der Waals surface area contributed by atoms with Gasteiger partial charge in [0.2, 0.25) is 0 Å². The molecule has 0 spiro atoms. The van der Waals surface area contributed by atoms with Crippen LogP contribution in [0.4, 0.5) is 0 Å². The molecule has 0 amide bonds. The van der Waals surface area contributed by atoms with Gasteiger partial charge in [0.25, 0.3) is 0 Å². The van der Waals surface area contributed by atoms with Crippen LogP contribution in [0.3, 0.4) is 0 Å². The Morgan fingerprint density at radius 3 is 1.58 bits per heavy atom. The van der Waals surface area contributed by atoms with E-state index in [1.807, 2.05) is 121 Å². The van der Waals surface area contributed by atoms with E-state index in [-0.39, 0.29) is 37.9 Å². The van der Waals surface area contributed by atoms with Gasteiger partial charge in [0.05, 0.1) is 26.4 Å². The second-order valence-corrected chi connectivity index (χ2v) is 14.6. The lowest BCUT2D eigenvalue weighted by Crippen LogP contribution is -2.50. The van der Waals surface area contributed by atoms with Crippen LogP contribution in [0.1, 0.15) is 32.6 Å². The summed E-state index contributed by atoms with van der Waals surface area (Å²) in [5, 5.41) is 0. The summed E-state index contributed by atoms with van der Waals surface area (Å²) in [7, 11) is -4.04. The van der Waals surface area contributed by atoms with Gasteiger partial charge in [-0.15, -0.1) is 0 Å². The van der Waals surface area contributed by atoms with Crippen molar-refractivity contribution in [1.29, 1.82) is 0 Å². The number of hydrogen-bond acceptors (Lipinski definition) is 8. The second-order valence-electron chi connectivity index (χ2n) is 12.5. The summed E-state index contributed by atoms with van der Waals surface area (Å²) in [6.45, 7) is 0.928. The van der Waals surface area contributed by atoms with Crippen molar-refractivity contribution in [2.75, 3.05) is 18.1 Å². The molecule has 0 saturated heterocycles. The average molecular weight is 719 g/mol. The van der Waals surface area contributed by atoms with E-state index >= 15 is 0 Å². The molecular weight excluding hydrogens is 677 g/mol. The standard InChI is InChI=1S/C43H42O8S/c44-38(37-24-14-5-15-25-37)31-52(45,46)32-40-42(49-28-35-20-10-3-11-21-35)43(50-29-36-22-12-4-13-23-36)41(48-27-34-18-8-2-9-19-34)39(51-40)30-47-26-33-16-6-1-7-17-33/h1-25,39,41,43H,26-32H2/t39-,41-,43+/m1/s1. The Bertz CT molecular complexity index is 1970. The van der Waals surface area contributed by atoms with Gasteiger partial charge in [0.1, 0.15) is 30.3 Å². The highest BCUT2D eigenvalue weighted by Crippen LogP contribution is 2.33. The monoisotopic (exact) mass is 718 g/mol. The Kier molecular flexibility index (Phi) is 13.0. The minimum atomic E-state index is -4.04. The molecule has 52 heavy (non-hydrogen) atoms. The fourth-order valence-corrected chi connectivity index (χ4v) is 7.14. The summed E-state index contributed by atoms with van der Waals surface area (Å²) in [4.78, 5) is 13.1. The minimum Gasteiger partial charge on any atom is -0.487 e. The molecule has 0 bridgehead atoms. The zero-order chi connectivity index (χ0) is 36.0. The number of carbonyl (C=O) groups excluding carboxylic acids is 1. The van der Waals surface area contributed by atoms with E-state index in [2.05, 4.69) is 0 Å². The van der Waals surface area contributed by atoms with Crippen molar-refractivity contribution < 1.29 is 36.9 Å². The van der Waals surface area contributed by atoms with Gasteiger partial charge in [-0.1, -0.05) is 152 Å². The predicted octanol–water partition coefficient (Wildman–Crippen LogP) is 7.50. The van der Waals surface area contributed by atoms with Crippen LogP contribution in [-0.4, -0.2) is 50.6 Å². The van der Waals surface area contributed by atoms with Gasteiger partial charge in [-0.3, -0.25) is 4.79 Å². The van der Waals surface area contributed by atoms with Crippen LogP contribution in [0.2, 0.25) is 0 Å². The van der Waals surface area contributed by atoms with E-state index in [1.165, 1.54) is 0 Å². The Hall–Kier alpha value is -5.06. The summed E-state index contributed by atoms with van der Waals surface area (Å²) < 4.78 is 60.1. The Morgan fingerprint density at radius 2 is 1.04 bits per heavy atom. The van der Waals surface area contributed by atoms with Crippen LogP contribution in [0.5, 0.6) is 0 Å². The minimum absolute atomic E-state index is 0.0581. The van der Waals surface area contributed by atoms with E-state index in [1.54, 1.807) is 30.3 Å². The Morgan fingerprint density at radius 1 is 0.577 bits per heavy atom. The number of ketones is 1. The van der Waals surface area contributed by atoms with Crippen LogP contribution in [-0.2, 0) is 59.9 Å². The van der Waals surface area contributed by atoms with Gasteiger partial charge in [-0.2, -0.15) is 0 Å². The van der Waals surface area contributed by atoms with Crippen LogP contribution >= 0.6 is 0 Å². The van der Waals surface area contributed by atoms with E-state index in [9.17, 15) is 13.2 Å². The maximum atomic E-state index is 13.8. The number of rotatable bonds is 18. The first-order valence-corrected chi connectivity index (χ1v) is 19.0. The van der Waals surface area contributed by atoms with E-state index in [0.29, 0.717) is 12.2 Å². The summed E-state index contributed by atoms with van der Waals surface area (Å²) in [6, 6.07) is 47.1. The van der Waals surface area contributed by atoms with Crippen LogP contribution < -0.4 is 0 Å². The van der Waals surface area contributed by atoms with Gasteiger partial charge in [-0.05, 0) is 22.3 Å². The maximum absolute atomic E-state index is 13.8. The van der Waals surface area contributed by atoms with Crippen LogP contribution in [0.15, 0.2) is 163 Å². The zero-order valence-electron chi connectivity index (χ0n) is 28.8. The first kappa shape index (κ1) is 36.7. The number of hydrogen-bond donors (Lipinski definition) is 0. The maximum Gasteiger partial charge on any atom is 0.177 e. The van der Waals surface area contributed by atoms with Gasteiger partial charge >= 0.3 is 0 Å². The number of benzene rings is 5. The van der Waals surface area contributed by atoms with Crippen molar-refractivity contribution in [3.8, 4) is 0 Å². The molecule has 1 aliphatic heterocycles. The molecule has 5 aromatic carbocycles. The number of Topliss-reactive ketones (excluding diaryl/α,β-unsaturated/α-hetero) is 1. The van der Waals surface area contributed by atoms with Crippen molar-refractivity contribution in [2.24, 2.45) is 0 Å². The van der Waals surface area contributed by atoms with Gasteiger partial charge in [0, 0.05) is 5.56 Å². The molecule has 0 N–H and O–H groups in total. The highest BCUT2D eigenvalue weighted by molar-refractivity contribution is 7.92. The second kappa shape index (κ2) is 18.4. The first-order chi connectivity index (χ1) is 25.4. The molecule has 1 heterocycles. The van der Waals surface area contributed by atoms with Gasteiger partial charge < -0.3 is 23.7 Å². The fraction of sp³-hybridized carbons (Fsp3) is 0.233. The Labute approximate surface area is 305 Å². The van der Waals surface area contributed by atoms with Crippen molar-refractivity contribution in [3.05, 3.63) is 191 Å². The van der Waals surface area contributed by atoms with E-state index < -0.39 is 45.4 Å². The molecule has 0 aromatic heterocycles. The molecule has 268 valence electrons. The largest absolute Gasteiger partial charge is 0.487 e. The molecular formula is C43H42O8S. The molecule has 0 radical (unpaired) electrons. The normalized spacial score (nSPS) is 17.3. The van der Waals surface area contributed by atoms with E-state index in [0.717, 1.165) is 22.3 Å². The lowest BCUT2D eigenvalue weighted by Gasteiger charge is -2.40. The topological polar surface area (TPSA) is 97.4 Å². The number of sulfone groups is 1. The Balaban J connectivity index is 1.36. The van der Waals surface area contributed by atoms with Crippen molar-refractivity contribution in [3.63, 3.8) is 0 Å².